The molecule has 3 rings (SSSR count). The van der Waals surface area contributed by atoms with Gasteiger partial charge < -0.3 is 24.8 Å². The Morgan fingerprint density at radius 2 is 1.67 bits per heavy atom. The van der Waals surface area contributed by atoms with E-state index in [-0.39, 0.29) is 56.4 Å². The van der Waals surface area contributed by atoms with Crippen LogP contribution in [0.25, 0.3) is 0 Å². The third-order valence-corrected chi connectivity index (χ3v) is 6.08. The van der Waals surface area contributed by atoms with E-state index in [0.29, 0.717) is 0 Å². The van der Waals surface area contributed by atoms with Gasteiger partial charge in [-0.25, -0.2) is 23.3 Å². The molecule has 0 aliphatic heterocycles. The molecule has 0 amide bonds. The molecule has 1 saturated carbocycles. The zero-order valence-electron chi connectivity index (χ0n) is 18.1. The van der Waals surface area contributed by atoms with Crippen molar-refractivity contribution < 1.29 is 51.0 Å². The maximum Gasteiger partial charge on any atom is 4.00 e. The van der Waals surface area contributed by atoms with Crippen molar-refractivity contribution >= 4 is 0 Å². The number of unbranched alkanes of at least 4 members (excludes halogenated alkanes) is 1. The maximum atomic E-state index is 3.65. The number of halogens is 2. The minimum atomic E-state index is 0. The molecule has 0 N–H and O–H groups in total. The number of hydrogen-bond donors (Lipinski definition) is 0. The molecule has 1 fully saturated rings. The topological polar surface area (TPSA) is 0 Å². The molecule has 0 bridgehead atoms. The van der Waals surface area contributed by atoms with Crippen LogP contribution >= 0.6 is 0 Å². The number of allylic oxidation sites excluding steroid dienone is 8. The van der Waals surface area contributed by atoms with Crippen LogP contribution in [0.2, 0.25) is 0 Å². The molecule has 0 aromatic rings. The van der Waals surface area contributed by atoms with E-state index in [0.717, 1.165) is 5.92 Å². The fourth-order valence-corrected chi connectivity index (χ4v) is 4.01. The van der Waals surface area contributed by atoms with Gasteiger partial charge in [-0.05, 0) is 18.8 Å². The normalized spacial score (nSPS) is 20.4. The SMILES string of the molecule is CC1=[C-]C(C)(C)C(C)=C1C.CCCCC1=[C-]C(C2CCCC2)=CC1.[Cl-].[Cl-].[Zr+4]. The van der Waals surface area contributed by atoms with Crippen LogP contribution in [0.15, 0.2) is 33.9 Å². The summed E-state index contributed by atoms with van der Waals surface area (Å²) in [5.41, 5.74) is 7.51. The summed E-state index contributed by atoms with van der Waals surface area (Å²) >= 11 is 0. The Morgan fingerprint density at radius 3 is 2.07 bits per heavy atom. The molecule has 3 aliphatic rings. The van der Waals surface area contributed by atoms with Crippen LogP contribution in [-0.4, -0.2) is 0 Å². The van der Waals surface area contributed by atoms with Crippen molar-refractivity contribution in [1.82, 2.24) is 0 Å². The van der Waals surface area contributed by atoms with E-state index in [9.17, 15) is 0 Å². The summed E-state index contributed by atoms with van der Waals surface area (Å²) in [4.78, 5) is 0. The minimum Gasteiger partial charge on any atom is -1.00 e. The number of rotatable bonds is 4. The van der Waals surface area contributed by atoms with Crippen molar-refractivity contribution in [2.45, 2.75) is 92.9 Å². The smallest absolute Gasteiger partial charge is 1.00 e. The van der Waals surface area contributed by atoms with Crippen molar-refractivity contribution in [3.63, 3.8) is 0 Å². The van der Waals surface area contributed by atoms with Crippen molar-refractivity contribution in [1.29, 1.82) is 0 Å². The fourth-order valence-electron chi connectivity index (χ4n) is 4.01. The summed E-state index contributed by atoms with van der Waals surface area (Å²) in [5.74, 6) is 0.870. The molecule has 27 heavy (non-hydrogen) atoms. The summed E-state index contributed by atoms with van der Waals surface area (Å²) in [6.07, 6.45) is 20.4. The van der Waals surface area contributed by atoms with Gasteiger partial charge in [0.15, 0.2) is 0 Å². The van der Waals surface area contributed by atoms with E-state index in [1.807, 2.05) is 0 Å². The van der Waals surface area contributed by atoms with E-state index >= 15 is 0 Å². The Morgan fingerprint density at radius 1 is 1.07 bits per heavy atom. The van der Waals surface area contributed by atoms with Gasteiger partial charge in [0.05, 0.1) is 0 Å². The molecule has 0 unspecified atom stereocenters. The molecule has 150 valence electrons. The van der Waals surface area contributed by atoms with Gasteiger partial charge in [-0.15, -0.1) is 6.92 Å². The second kappa shape index (κ2) is 13.6. The predicted octanol–water partition coefficient (Wildman–Crippen LogP) is 1.54. The van der Waals surface area contributed by atoms with Gasteiger partial charge in [0.2, 0.25) is 0 Å². The van der Waals surface area contributed by atoms with Crippen LogP contribution in [0.4, 0.5) is 0 Å². The molecule has 0 aromatic heterocycles. The summed E-state index contributed by atoms with van der Waals surface area (Å²) in [7, 11) is 0. The van der Waals surface area contributed by atoms with Crippen LogP contribution in [-0.2, 0) is 26.2 Å². The third kappa shape index (κ3) is 8.36. The molecule has 0 atom stereocenters. The Labute approximate surface area is 200 Å². The van der Waals surface area contributed by atoms with Crippen molar-refractivity contribution in [2.75, 3.05) is 0 Å². The first-order valence-corrected chi connectivity index (χ1v) is 9.97. The van der Waals surface area contributed by atoms with E-state index in [1.165, 1.54) is 68.1 Å². The summed E-state index contributed by atoms with van der Waals surface area (Å²) in [6.45, 7) is 13.2. The van der Waals surface area contributed by atoms with E-state index in [1.54, 1.807) is 11.1 Å². The molecule has 0 saturated heterocycles. The average Bonchev–Trinajstić information content (AvgIpc) is 3.25. The van der Waals surface area contributed by atoms with Crippen LogP contribution in [0.5, 0.6) is 0 Å². The molecule has 3 heteroatoms. The first kappa shape index (κ1) is 29.6. The monoisotopic (exact) mass is 484 g/mol. The minimum absolute atomic E-state index is 0. The molecular weight excluding hydrogens is 450 g/mol. The van der Waals surface area contributed by atoms with Crippen LogP contribution in [0.1, 0.15) is 92.9 Å². The Balaban J connectivity index is 0. The van der Waals surface area contributed by atoms with Crippen LogP contribution in [0.3, 0.4) is 0 Å². The number of hydrogen-bond acceptors (Lipinski definition) is 0. The molecule has 0 heterocycles. The zero-order valence-corrected chi connectivity index (χ0v) is 22.0. The van der Waals surface area contributed by atoms with Gasteiger partial charge in [0.1, 0.15) is 0 Å². The van der Waals surface area contributed by atoms with Crippen molar-refractivity contribution in [3.05, 3.63) is 46.1 Å². The van der Waals surface area contributed by atoms with Gasteiger partial charge in [-0.2, -0.15) is 16.7 Å². The van der Waals surface area contributed by atoms with E-state index < -0.39 is 0 Å². The predicted molar refractivity (Wildman–Crippen MR) is 106 cm³/mol. The van der Waals surface area contributed by atoms with E-state index in [4.69, 9.17) is 0 Å². The Hall–Kier alpha value is 0.423. The Kier molecular flexibility index (Phi) is 14.9. The van der Waals surface area contributed by atoms with Gasteiger partial charge in [0, 0.05) is 0 Å². The molecule has 0 aromatic carbocycles. The maximum absolute atomic E-state index is 3.65. The van der Waals surface area contributed by atoms with Crippen molar-refractivity contribution in [2.24, 2.45) is 11.3 Å². The largest absolute Gasteiger partial charge is 4.00 e. The second-order valence-corrected chi connectivity index (χ2v) is 8.30. The first-order valence-electron chi connectivity index (χ1n) is 9.97. The standard InChI is InChI=1S/C14H21.C10H15.2ClH.Zr/c1-2-3-6-12-9-10-14(11-12)13-7-4-5-8-13;1-7-6-10(4,5)9(3)8(7)2;;;/h10,13H,2-9H2,1H3;1-5H3;2*1H;/q2*-1;;;+4/p-2. The van der Waals surface area contributed by atoms with E-state index in [2.05, 4.69) is 59.8 Å². The van der Waals surface area contributed by atoms with Gasteiger partial charge >= 0.3 is 26.2 Å². The third-order valence-electron chi connectivity index (χ3n) is 6.08. The zero-order chi connectivity index (χ0) is 17.7. The average molecular weight is 487 g/mol. The summed E-state index contributed by atoms with van der Waals surface area (Å²) in [5, 5.41) is 0. The molecule has 3 aliphatic carbocycles. The molecule has 0 spiro atoms. The quantitative estimate of drug-likeness (QED) is 0.529. The first-order chi connectivity index (χ1) is 11.3. The van der Waals surface area contributed by atoms with Gasteiger partial charge in [0.25, 0.3) is 0 Å². The summed E-state index contributed by atoms with van der Waals surface area (Å²) < 4.78 is 0. The van der Waals surface area contributed by atoms with Gasteiger partial charge in [-0.1, -0.05) is 78.6 Å². The van der Waals surface area contributed by atoms with Crippen LogP contribution in [0, 0.1) is 23.5 Å². The van der Waals surface area contributed by atoms with Crippen molar-refractivity contribution in [3.8, 4) is 0 Å². The Bertz CT molecular complexity index is 573. The molecular formula is C24H36Cl2Zr. The fraction of sp³-hybridized carbons (Fsp3) is 0.667. The summed E-state index contributed by atoms with van der Waals surface area (Å²) in [6, 6.07) is 0. The second-order valence-electron chi connectivity index (χ2n) is 8.30. The van der Waals surface area contributed by atoms with Crippen LogP contribution < -0.4 is 24.8 Å². The molecule has 0 radical (unpaired) electrons. The van der Waals surface area contributed by atoms with Gasteiger partial charge in [-0.3, -0.25) is 6.08 Å². The molecule has 0 nitrogen and oxygen atoms in total.